The number of nitrogens with zero attached hydrogens (tertiary/aromatic N) is 2. The van der Waals surface area contributed by atoms with Crippen LogP contribution in [-0.4, -0.2) is 29.5 Å². The van der Waals surface area contributed by atoms with Crippen LogP contribution in [0.1, 0.15) is 43.0 Å². The summed E-state index contributed by atoms with van der Waals surface area (Å²) in [7, 11) is 1.62. The van der Waals surface area contributed by atoms with Crippen LogP contribution >= 0.6 is 0 Å². The van der Waals surface area contributed by atoms with Crippen LogP contribution in [0.15, 0.2) is 42.5 Å². The summed E-state index contributed by atoms with van der Waals surface area (Å²) < 4.78 is 19.3. The monoisotopic (exact) mass is 387 g/mol. The Balaban J connectivity index is 1.76. The Morgan fingerprint density at radius 3 is 2.89 bits per heavy atom. The van der Waals surface area contributed by atoms with Gasteiger partial charge in [0.05, 0.1) is 23.6 Å². The minimum Gasteiger partial charge on any atom is -0.493 e. The Bertz CT molecular complexity index is 890. The first-order valence-corrected chi connectivity index (χ1v) is 9.06. The summed E-state index contributed by atoms with van der Waals surface area (Å²) in [5.41, 5.74) is 1.24. The van der Waals surface area contributed by atoms with Gasteiger partial charge in [0.1, 0.15) is 11.6 Å². The average molecular weight is 387 g/mol. The highest BCUT2D eigenvalue weighted by atomic mass is 19.1. The smallest absolute Gasteiger partial charge is 0.318 e. The van der Waals surface area contributed by atoms with E-state index < -0.39 is 4.92 Å². The number of urea groups is 1. The van der Waals surface area contributed by atoms with Crippen molar-refractivity contribution in [1.82, 2.24) is 10.2 Å². The zero-order valence-electron chi connectivity index (χ0n) is 15.7. The van der Waals surface area contributed by atoms with Crippen LogP contribution in [0.3, 0.4) is 0 Å². The largest absolute Gasteiger partial charge is 0.493 e. The van der Waals surface area contributed by atoms with Crippen LogP contribution in [0.2, 0.25) is 0 Å². The molecule has 1 N–H and O–H groups in total. The minimum atomic E-state index is -0.465. The Hall–Kier alpha value is -3.16. The molecule has 1 heterocycles. The number of fused-ring (bicyclic) bond motifs is 1. The first-order chi connectivity index (χ1) is 13.4. The van der Waals surface area contributed by atoms with E-state index in [1.165, 1.54) is 29.2 Å². The third-order valence-electron chi connectivity index (χ3n) is 5.00. The van der Waals surface area contributed by atoms with Gasteiger partial charge in [-0.1, -0.05) is 12.1 Å². The summed E-state index contributed by atoms with van der Waals surface area (Å²) in [5.74, 6) is 0.181. The van der Waals surface area contributed by atoms with Gasteiger partial charge in [-0.05, 0) is 43.5 Å². The fraction of sp³-hybridized carbons (Fsp3) is 0.350. The van der Waals surface area contributed by atoms with Crippen LogP contribution in [0.4, 0.5) is 14.9 Å². The number of ether oxygens (including phenoxy) is 1. The Labute approximate surface area is 162 Å². The van der Waals surface area contributed by atoms with Crippen molar-refractivity contribution in [2.45, 2.75) is 31.8 Å². The van der Waals surface area contributed by atoms with Gasteiger partial charge in [0, 0.05) is 24.7 Å². The predicted octanol–water partition coefficient (Wildman–Crippen LogP) is 4.35. The number of hydrogen-bond donors (Lipinski definition) is 1. The number of nitro benzene ring substituents is 1. The molecule has 0 fully saturated rings. The van der Waals surface area contributed by atoms with Crippen molar-refractivity contribution in [2.75, 3.05) is 13.7 Å². The van der Waals surface area contributed by atoms with Gasteiger partial charge in [-0.15, -0.1) is 0 Å². The highest BCUT2D eigenvalue weighted by Gasteiger charge is 2.25. The number of nitro groups is 1. The standard InChI is InChI=1S/C20H22FN3O4/c1-13(14-5-3-6-16(11-14)24(26)27)23(2)20(25)22-18-7-4-10-28-19-9-8-15(21)12-17(18)19/h3,5-6,8-9,11-13,18H,4,7,10H2,1-2H3,(H,22,25)/t13-,18-/m1/s1. The Morgan fingerprint density at radius 1 is 1.36 bits per heavy atom. The highest BCUT2D eigenvalue weighted by molar-refractivity contribution is 5.75. The molecule has 1 aliphatic rings. The molecule has 3 rings (SSSR count). The van der Waals surface area contributed by atoms with Gasteiger partial charge in [0.25, 0.3) is 5.69 Å². The molecule has 7 nitrogen and oxygen atoms in total. The zero-order chi connectivity index (χ0) is 20.3. The molecule has 0 spiro atoms. The van der Waals surface area contributed by atoms with Gasteiger partial charge in [-0.2, -0.15) is 0 Å². The summed E-state index contributed by atoms with van der Waals surface area (Å²) in [4.78, 5) is 24.8. The van der Waals surface area contributed by atoms with E-state index in [9.17, 15) is 19.3 Å². The van der Waals surface area contributed by atoms with Gasteiger partial charge in [-0.25, -0.2) is 9.18 Å². The molecule has 0 aromatic heterocycles. The van der Waals surface area contributed by atoms with E-state index in [4.69, 9.17) is 4.74 Å². The summed E-state index contributed by atoms with van der Waals surface area (Å²) in [5, 5.41) is 13.9. The number of amides is 2. The minimum absolute atomic E-state index is 0.0246. The SMILES string of the molecule is C[C@H](c1cccc([N+](=O)[O-])c1)N(C)C(=O)N[C@@H]1CCCOc2ccc(F)cc21. The molecule has 28 heavy (non-hydrogen) atoms. The van der Waals surface area contributed by atoms with Crippen molar-refractivity contribution in [3.63, 3.8) is 0 Å². The first kappa shape index (κ1) is 19.6. The van der Waals surface area contributed by atoms with E-state index in [1.807, 2.05) is 0 Å². The fourth-order valence-corrected chi connectivity index (χ4v) is 3.25. The number of non-ortho nitro benzene ring substituents is 1. The lowest BCUT2D eigenvalue weighted by Crippen LogP contribution is -2.40. The predicted molar refractivity (Wildman–Crippen MR) is 102 cm³/mol. The molecule has 0 radical (unpaired) electrons. The van der Waals surface area contributed by atoms with Crippen LogP contribution in [0.5, 0.6) is 5.75 Å². The zero-order valence-corrected chi connectivity index (χ0v) is 15.7. The highest BCUT2D eigenvalue weighted by Crippen LogP contribution is 2.32. The number of benzene rings is 2. The molecule has 2 aromatic rings. The summed E-state index contributed by atoms with van der Waals surface area (Å²) in [6.07, 6.45) is 1.35. The Morgan fingerprint density at radius 2 is 2.14 bits per heavy atom. The molecule has 0 saturated carbocycles. The molecule has 0 bridgehead atoms. The summed E-state index contributed by atoms with van der Waals surface area (Å²) >= 11 is 0. The number of rotatable bonds is 4. The number of carbonyl (C=O) groups excluding carboxylic acids is 1. The maximum atomic E-state index is 13.7. The second kappa shape index (κ2) is 8.24. The second-order valence-corrected chi connectivity index (χ2v) is 6.81. The maximum Gasteiger partial charge on any atom is 0.318 e. The van der Waals surface area contributed by atoms with Crippen molar-refractivity contribution in [1.29, 1.82) is 0 Å². The summed E-state index contributed by atoms with van der Waals surface area (Å²) in [6.45, 7) is 2.30. The van der Waals surface area contributed by atoms with Gasteiger partial charge in [0.2, 0.25) is 0 Å². The van der Waals surface area contributed by atoms with Crippen molar-refractivity contribution < 1.29 is 18.8 Å². The quantitative estimate of drug-likeness (QED) is 0.624. The van der Waals surface area contributed by atoms with E-state index in [0.29, 0.717) is 29.9 Å². The lowest BCUT2D eigenvalue weighted by atomic mass is 10.0. The number of hydrogen-bond acceptors (Lipinski definition) is 4. The molecule has 0 unspecified atom stereocenters. The number of halogens is 1. The molecule has 0 aliphatic carbocycles. The maximum absolute atomic E-state index is 13.7. The van der Waals surface area contributed by atoms with Crippen molar-refractivity contribution in [3.05, 3.63) is 69.5 Å². The molecular weight excluding hydrogens is 365 g/mol. The Kier molecular flexibility index (Phi) is 5.77. The van der Waals surface area contributed by atoms with Crippen molar-refractivity contribution in [2.24, 2.45) is 0 Å². The van der Waals surface area contributed by atoms with Gasteiger partial charge < -0.3 is 15.0 Å². The molecule has 2 amide bonds. The molecule has 8 heteroatoms. The van der Waals surface area contributed by atoms with E-state index >= 15 is 0 Å². The molecule has 2 aromatic carbocycles. The molecule has 1 aliphatic heterocycles. The fourth-order valence-electron chi connectivity index (χ4n) is 3.25. The molecular formula is C20H22FN3O4. The van der Waals surface area contributed by atoms with E-state index in [2.05, 4.69) is 5.32 Å². The lowest BCUT2D eigenvalue weighted by Gasteiger charge is -2.28. The van der Waals surface area contributed by atoms with E-state index in [0.717, 1.165) is 6.42 Å². The van der Waals surface area contributed by atoms with Crippen LogP contribution < -0.4 is 10.1 Å². The molecule has 0 saturated heterocycles. The number of carbonyl (C=O) groups is 1. The topological polar surface area (TPSA) is 84.7 Å². The number of nitrogens with one attached hydrogen (secondary N) is 1. The third-order valence-corrected chi connectivity index (χ3v) is 5.00. The molecule has 148 valence electrons. The van der Waals surface area contributed by atoms with Gasteiger partial charge in [-0.3, -0.25) is 10.1 Å². The second-order valence-electron chi connectivity index (χ2n) is 6.81. The van der Waals surface area contributed by atoms with Gasteiger partial charge in [0.15, 0.2) is 0 Å². The normalized spacial score (nSPS) is 16.9. The molecule has 2 atom stereocenters. The first-order valence-electron chi connectivity index (χ1n) is 9.06. The van der Waals surface area contributed by atoms with Crippen molar-refractivity contribution >= 4 is 11.7 Å². The van der Waals surface area contributed by atoms with E-state index in [-0.39, 0.29) is 29.6 Å². The third kappa shape index (κ3) is 4.21. The lowest BCUT2D eigenvalue weighted by molar-refractivity contribution is -0.384. The van der Waals surface area contributed by atoms with Crippen LogP contribution in [0, 0.1) is 15.9 Å². The summed E-state index contributed by atoms with van der Waals surface area (Å²) in [6, 6.07) is 9.39. The van der Waals surface area contributed by atoms with Gasteiger partial charge >= 0.3 is 6.03 Å². The van der Waals surface area contributed by atoms with Crippen LogP contribution in [-0.2, 0) is 0 Å². The van der Waals surface area contributed by atoms with Crippen LogP contribution in [0.25, 0.3) is 0 Å². The average Bonchev–Trinajstić information content (AvgIpc) is 2.88. The van der Waals surface area contributed by atoms with Crippen molar-refractivity contribution in [3.8, 4) is 5.75 Å². The van der Waals surface area contributed by atoms with E-state index in [1.54, 1.807) is 32.2 Å².